The highest BCUT2D eigenvalue weighted by molar-refractivity contribution is 5.82. The van der Waals surface area contributed by atoms with Crippen molar-refractivity contribution in [2.75, 3.05) is 13.2 Å². The van der Waals surface area contributed by atoms with Crippen molar-refractivity contribution in [2.24, 2.45) is 0 Å². The van der Waals surface area contributed by atoms with Gasteiger partial charge in [0.1, 0.15) is 6.61 Å². The highest BCUT2D eigenvalue weighted by Gasteiger charge is 2.29. The van der Waals surface area contributed by atoms with Gasteiger partial charge in [-0.3, -0.25) is 4.79 Å². The van der Waals surface area contributed by atoms with E-state index in [0.29, 0.717) is 17.5 Å². The number of nitrogens with one attached hydrogen (secondary N) is 2. The molecule has 1 aromatic rings. The second-order valence-corrected chi connectivity index (χ2v) is 5.46. The monoisotopic (exact) mass is 276 g/mol. The van der Waals surface area contributed by atoms with Gasteiger partial charge in [-0.2, -0.15) is 0 Å². The minimum Gasteiger partial charge on any atom is -0.485 e. The zero-order valence-electron chi connectivity index (χ0n) is 11.6. The number of carbonyl (C=O) groups is 1. The Morgan fingerprint density at radius 2 is 2.10 bits per heavy atom. The van der Waals surface area contributed by atoms with Gasteiger partial charge in [0.2, 0.25) is 6.10 Å². The van der Waals surface area contributed by atoms with E-state index in [1.54, 1.807) is 0 Å². The summed E-state index contributed by atoms with van der Waals surface area (Å²) >= 11 is 0. The normalized spacial score (nSPS) is 28.8. The molecule has 20 heavy (non-hydrogen) atoms. The van der Waals surface area contributed by atoms with Gasteiger partial charge >= 0.3 is 0 Å². The average molecular weight is 276 g/mol. The molecule has 5 heteroatoms. The maximum atomic E-state index is 12.2. The van der Waals surface area contributed by atoms with Gasteiger partial charge in [0.05, 0.1) is 0 Å². The van der Waals surface area contributed by atoms with E-state index in [1.807, 2.05) is 24.3 Å². The smallest absolute Gasteiger partial charge is 0.264 e. The number of piperidine rings is 1. The predicted octanol–water partition coefficient (Wildman–Crippen LogP) is 1.08. The third kappa shape index (κ3) is 2.88. The molecular weight excluding hydrogens is 256 g/mol. The van der Waals surface area contributed by atoms with E-state index in [1.165, 1.54) is 0 Å². The first-order valence-electron chi connectivity index (χ1n) is 7.14. The van der Waals surface area contributed by atoms with Crippen LogP contribution in [0.15, 0.2) is 24.3 Å². The van der Waals surface area contributed by atoms with Crippen LogP contribution in [-0.4, -0.2) is 37.2 Å². The standard InChI is InChI=1S/C15H20N2O3/c1-10-6-7-11(8-16-10)17-15(18)14-9-19-12-4-2-3-5-13(12)20-14/h2-5,10-11,14,16H,6-9H2,1H3,(H,17,18). The Morgan fingerprint density at radius 1 is 1.30 bits per heavy atom. The first kappa shape index (κ1) is 13.2. The van der Waals surface area contributed by atoms with Gasteiger partial charge in [0.25, 0.3) is 5.91 Å². The van der Waals surface area contributed by atoms with E-state index in [4.69, 9.17) is 9.47 Å². The number of hydrogen-bond donors (Lipinski definition) is 2. The van der Waals surface area contributed by atoms with Gasteiger partial charge in [-0.05, 0) is 31.9 Å². The molecule has 1 fully saturated rings. The van der Waals surface area contributed by atoms with Crippen LogP contribution in [-0.2, 0) is 4.79 Å². The highest BCUT2D eigenvalue weighted by Crippen LogP contribution is 2.30. The van der Waals surface area contributed by atoms with Crippen LogP contribution in [0.25, 0.3) is 0 Å². The molecule has 2 aliphatic rings. The maximum absolute atomic E-state index is 12.2. The van der Waals surface area contributed by atoms with E-state index < -0.39 is 6.10 Å². The lowest BCUT2D eigenvalue weighted by molar-refractivity contribution is -0.131. The summed E-state index contributed by atoms with van der Waals surface area (Å²) < 4.78 is 11.3. The molecule has 108 valence electrons. The Morgan fingerprint density at radius 3 is 2.85 bits per heavy atom. The lowest BCUT2D eigenvalue weighted by Gasteiger charge is -2.31. The van der Waals surface area contributed by atoms with E-state index in [0.717, 1.165) is 19.4 Å². The van der Waals surface area contributed by atoms with Crippen LogP contribution < -0.4 is 20.1 Å². The number of carbonyl (C=O) groups excluding carboxylic acids is 1. The number of rotatable bonds is 2. The van der Waals surface area contributed by atoms with E-state index in [-0.39, 0.29) is 18.6 Å². The SMILES string of the molecule is CC1CCC(NC(=O)C2COc3ccccc3O2)CN1. The number of benzene rings is 1. The summed E-state index contributed by atoms with van der Waals surface area (Å²) in [5.74, 6) is 1.24. The van der Waals surface area contributed by atoms with Crippen LogP contribution in [0.2, 0.25) is 0 Å². The molecule has 1 aromatic carbocycles. The van der Waals surface area contributed by atoms with Gasteiger partial charge in [-0.1, -0.05) is 12.1 Å². The third-order valence-electron chi connectivity index (χ3n) is 3.81. The minimum atomic E-state index is -0.566. The topological polar surface area (TPSA) is 59.6 Å². The molecule has 3 rings (SSSR count). The molecule has 2 N–H and O–H groups in total. The zero-order chi connectivity index (χ0) is 13.9. The van der Waals surface area contributed by atoms with E-state index in [2.05, 4.69) is 17.6 Å². The molecule has 0 aromatic heterocycles. The van der Waals surface area contributed by atoms with Crippen LogP contribution in [0.4, 0.5) is 0 Å². The van der Waals surface area contributed by atoms with Gasteiger partial charge in [0, 0.05) is 18.6 Å². The number of para-hydroxylation sites is 2. The second kappa shape index (κ2) is 5.71. The summed E-state index contributed by atoms with van der Waals surface area (Å²) in [6.45, 7) is 3.24. The van der Waals surface area contributed by atoms with E-state index in [9.17, 15) is 4.79 Å². The molecule has 1 saturated heterocycles. The van der Waals surface area contributed by atoms with Gasteiger partial charge in [0.15, 0.2) is 11.5 Å². The van der Waals surface area contributed by atoms with Crippen molar-refractivity contribution < 1.29 is 14.3 Å². The number of amides is 1. The largest absolute Gasteiger partial charge is 0.485 e. The Balaban J connectivity index is 1.56. The molecule has 1 amide bonds. The Hall–Kier alpha value is -1.75. The second-order valence-electron chi connectivity index (χ2n) is 5.46. The first-order chi connectivity index (χ1) is 9.72. The van der Waals surface area contributed by atoms with Crippen molar-refractivity contribution in [3.63, 3.8) is 0 Å². The summed E-state index contributed by atoms with van der Waals surface area (Å²) in [4.78, 5) is 12.2. The van der Waals surface area contributed by atoms with Crippen molar-refractivity contribution in [2.45, 2.75) is 38.0 Å². The molecular formula is C15H20N2O3. The summed E-state index contributed by atoms with van der Waals surface area (Å²) in [6, 6.07) is 8.13. The summed E-state index contributed by atoms with van der Waals surface area (Å²) in [5, 5.41) is 6.40. The summed E-state index contributed by atoms with van der Waals surface area (Å²) in [6.07, 6.45) is 1.52. The van der Waals surface area contributed by atoms with Crippen molar-refractivity contribution in [3.05, 3.63) is 24.3 Å². The lowest BCUT2D eigenvalue weighted by Crippen LogP contribution is -2.53. The van der Waals surface area contributed by atoms with Crippen LogP contribution in [0, 0.1) is 0 Å². The number of hydrogen-bond acceptors (Lipinski definition) is 4. The fraction of sp³-hybridized carbons (Fsp3) is 0.533. The fourth-order valence-corrected chi connectivity index (χ4v) is 2.56. The van der Waals surface area contributed by atoms with Crippen LogP contribution >= 0.6 is 0 Å². The highest BCUT2D eigenvalue weighted by atomic mass is 16.6. The fourth-order valence-electron chi connectivity index (χ4n) is 2.56. The summed E-state index contributed by atoms with van der Waals surface area (Å²) in [7, 11) is 0. The molecule has 0 aliphatic carbocycles. The van der Waals surface area contributed by atoms with Crippen LogP contribution in [0.5, 0.6) is 11.5 Å². The molecule has 5 nitrogen and oxygen atoms in total. The molecule has 3 atom stereocenters. The summed E-state index contributed by atoms with van der Waals surface area (Å²) in [5.41, 5.74) is 0. The van der Waals surface area contributed by atoms with E-state index >= 15 is 0 Å². The molecule has 0 radical (unpaired) electrons. The Labute approximate surface area is 118 Å². The third-order valence-corrected chi connectivity index (χ3v) is 3.81. The van der Waals surface area contributed by atoms with Crippen molar-refractivity contribution in [1.29, 1.82) is 0 Å². The van der Waals surface area contributed by atoms with Gasteiger partial charge < -0.3 is 20.1 Å². The van der Waals surface area contributed by atoms with Crippen molar-refractivity contribution in [1.82, 2.24) is 10.6 Å². The van der Waals surface area contributed by atoms with Gasteiger partial charge in [-0.15, -0.1) is 0 Å². The first-order valence-corrected chi connectivity index (χ1v) is 7.14. The van der Waals surface area contributed by atoms with Crippen LogP contribution in [0.1, 0.15) is 19.8 Å². The average Bonchev–Trinajstić information content (AvgIpc) is 2.49. The molecule has 0 saturated carbocycles. The lowest BCUT2D eigenvalue weighted by atomic mass is 10.0. The molecule has 3 unspecified atom stereocenters. The molecule has 0 bridgehead atoms. The van der Waals surface area contributed by atoms with Gasteiger partial charge in [-0.25, -0.2) is 0 Å². The molecule has 0 spiro atoms. The Kier molecular flexibility index (Phi) is 3.78. The van der Waals surface area contributed by atoms with Crippen molar-refractivity contribution >= 4 is 5.91 Å². The predicted molar refractivity (Wildman–Crippen MR) is 75.0 cm³/mol. The minimum absolute atomic E-state index is 0.0964. The number of fused-ring (bicyclic) bond motifs is 1. The molecule has 2 heterocycles. The zero-order valence-corrected chi connectivity index (χ0v) is 11.6. The molecule has 2 aliphatic heterocycles. The van der Waals surface area contributed by atoms with Crippen LogP contribution in [0.3, 0.4) is 0 Å². The van der Waals surface area contributed by atoms with Crippen molar-refractivity contribution in [3.8, 4) is 11.5 Å². The Bertz CT molecular complexity index is 484. The number of ether oxygens (including phenoxy) is 2. The quantitative estimate of drug-likeness (QED) is 0.848. The maximum Gasteiger partial charge on any atom is 0.264 e.